The largest absolute Gasteiger partial charge is 0.342 e. The number of nitrogens with one attached hydrogen (secondary N) is 1. The highest BCUT2D eigenvalue weighted by molar-refractivity contribution is 7.98. The summed E-state index contributed by atoms with van der Waals surface area (Å²) in [5.41, 5.74) is 5.12. The van der Waals surface area contributed by atoms with Crippen LogP contribution >= 0.6 is 23.1 Å². The van der Waals surface area contributed by atoms with E-state index in [1.54, 1.807) is 23.1 Å². The van der Waals surface area contributed by atoms with Gasteiger partial charge in [-0.15, -0.1) is 23.1 Å². The van der Waals surface area contributed by atoms with Gasteiger partial charge in [0.1, 0.15) is 5.69 Å². The van der Waals surface area contributed by atoms with E-state index in [1.807, 2.05) is 28.5 Å². The molecule has 5 rings (SSSR count). The van der Waals surface area contributed by atoms with Gasteiger partial charge in [0.25, 0.3) is 5.91 Å². The van der Waals surface area contributed by atoms with Gasteiger partial charge in [-0.3, -0.25) is 9.59 Å². The Morgan fingerprint density at radius 3 is 2.62 bits per heavy atom. The van der Waals surface area contributed by atoms with Gasteiger partial charge in [0, 0.05) is 35.0 Å². The molecule has 1 fully saturated rings. The normalized spacial score (nSPS) is 15.9. The molecule has 1 aromatic heterocycles. The van der Waals surface area contributed by atoms with Gasteiger partial charge in [0.05, 0.1) is 11.4 Å². The van der Waals surface area contributed by atoms with E-state index in [9.17, 15) is 9.59 Å². The highest BCUT2D eigenvalue weighted by Crippen LogP contribution is 2.31. The maximum absolute atomic E-state index is 12.8. The molecule has 1 saturated heterocycles. The number of nitrogens with zero attached hydrogens (tertiary/aromatic N) is 2. The number of hydrogen-bond acceptors (Lipinski definition) is 5. The first-order chi connectivity index (χ1) is 16.6. The molecule has 2 amide bonds. The van der Waals surface area contributed by atoms with Crippen molar-refractivity contribution in [3.8, 4) is 0 Å². The Hall–Kier alpha value is -2.64. The molecular weight excluding hydrogens is 462 g/mol. The lowest BCUT2D eigenvalue weighted by atomic mass is 9.97. The van der Waals surface area contributed by atoms with Gasteiger partial charge in [-0.2, -0.15) is 0 Å². The number of aryl methyl sites for hydroxylation is 2. The molecule has 2 heterocycles. The maximum Gasteiger partial charge on any atom is 0.275 e. The van der Waals surface area contributed by atoms with E-state index >= 15 is 0 Å². The second-order valence-electron chi connectivity index (χ2n) is 9.04. The number of thioether (sulfide) groups is 1. The number of rotatable bonds is 6. The van der Waals surface area contributed by atoms with Crippen molar-refractivity contribution in [2.45, 2.75) is 49.3 Å². The zero-order valence-corrected chi connectivity index (χ0v) is 21.0. The molecule has 0 atom stereocenters. The predicted molar refractivity (Wildman–Crippen MR) is 139 cm³/mol. The fraction of sp³-hybridized carbons (Fsp3) is 0.370. The summed E-state index contributed by atoms with van der Waals surface area (Å²) >= 11 is 3.26. The van der Waals surface area contributed by atoms with Gasteiger partial charge in [0.2, 0.25) is 5.91 Å². The molecule has 176 valence electrons. The number of amides is 2. The van der Waals surface area contributed by atoms with Crippen LogP contribution in [0.1, 0.15) is 57.4 Å². The van der Waals surface area contributed by atoms with Crippen LogP contribution in [-0.2, 0) is 24.1 Å². The van der Waals surface area contributed by atoms with E-state index < -0.39 is 0 Å². The van der Waals surface area contributed by atoms with Crippen molar-refractivity contribution in [3.63, 3.8) is 0 Å². The highest BCUT2D eigenvalue weighted by Gasteiger charge is 2.26. The number of aromatic nitrogens is 1. The SMILES string of the molecule is CSc1ccc(CC(=O)N2CCC(c3nc(C(=O)Nc4ccc5c(c4)CCC5)cs3)CC2)cc1. The van der Waals surface area contributed by atoms with Gasteiger partial charge < -0.3 is 10.2 Å². The summed E-state index contributed by atoms with van der Waals surface area (Å²) in [7, 11) is 0. The third-order valence-corrected chi connectivity index (χ3v) is 8.57. The molecule has 0 spiro atoms. The molecule has 0 unspecified atom stereocenters. The summed E-state index contributed by atoms with van der Waals surface area (Å²) in [4.78, 5) is 33.3. The van der Waals surface area contributed by atoms with E-state index in [1.165, 1.54) is 22.4 Å². The van der Waals surface area contributed by atoms with E-state index in [-0.39, 0.29) is 11.8 Å². The van der Waals surface area contributed by atoms with Crippen LogP contribution in [0.5, 0.6) is 0 Å². The number of hydrogen-bond donors (Lipinski definition) is 1. The minimum Gasteiger partial charge on any atom is -0.342 e. The van der Waals surface area contributed by atoms with Crippen LogP contribution < -0.4 is 5.32 Å². The zero-order valence-electron chi connectivity index (χ0n) is 19.4. The molecule has 5 nitrogen and oxygen atoms in total. The summed E-state index contributed by atoms with van der Waals surface area (Å²) in [5, 5.41) is 5.86. The smallest absolute Gasteiger partial charge is 0.275 e. The van der Waals surface area contributed by atoms with Crippen LogP contribution in [0, 0.1) is 0 Å². The fourth-order valence-corrected chi connectivity index (χ4v) is 6.21. The van der Waals surface area contributed by atoms with Crippen LogP contribution in [-0.4, -0.2) is 41.0 Å². The molecule has 0 saturated carbocycles. The lowest BCUT2D eigenvalue weighted by Gasteiger charge is -2.31. The number of piperidine rings is 1. The van der Waals surface area contributed by atoms with Crippen molar-refractivity contribution in [1.82, 2.24) is 9.88 Å². The molecule has 1 N–H and O–H groups in total. The Labute approximate surface area is 209 Å². The number of carbonyl (C=O) groups is 2. The molecule has 0 radical (unpaired) electrons. The van der Waals surface area contributed by atoms with Crippen molar-refractivity contribution < 1.29 is 9.59 Å². The molecular formula is C27H29N3O2S2. The molecule has 34 heavy (non-hydrogen) atoms. The van der Waals surface area contributed by atoms with Crippen LogP contribution in [0.3, 0.4) is 0 Å². The summed E-state index contributed by atoms with van der Waals surface area (Å²) in [6.07, 6.45) is 7.69. The van der Waals surface area contributed by atoms with Crippen molar-refractivity contribution in [1.29, 1.82) is 0 Å². The first-order valence-corrected chi connectivity index (χ1v) is 14.0. The average Bonchev–Trinajstić information content (AvgIpc) is 3.54. The number of benzene rings is 2. The maximum atomic E-state index is 12.8. The summed E-state index contributed by atoms with van der Waals surface area (Å²) in [6, 6.07) is 14.4. The molecule has 7 heteroatoms. The number of thiazole rings is 1. The van der Waals surface area contributed by atoms with Gasteiger partial charge in [-0.1, -0.05) is 18.2 Å². The van der Waals surface area contributed by atoms with Crippen molar-refractivity contribution in [2.75, 3.05) is 24.7 Å². The molecule has 2 aromatic carbocycles. The van der Waals surface area contributed by atoms with Gasteiger partial charge in [-0.05, 0) is 79.3 Å². The van der Waals surface area contributed by atoms with Crippen molar-refractivity contribution in [2.24, 2.45) is 0 Å². The predicted octanol–water partition coefficient (Wildman–Crippen LogP) is 5.55. The Morgan fingerprint density at radius 2 is 1.85 bits per heavy atom. The fourth-order valence-electron chi connectivity index (χ4n) is 4.83. The number of fused-ring (bicyclic) bond motifs is 1. The van der Waals surface area contributed by atoms with Crippen LogP contribution in [0.25, 0.3) is 0 Å². The average molecular weight is 492 g/mol. The minimum absolute atomic E-state index is 0.152. The quantitative estimate of drug-likeness (QED) is 0.459. The monoisotopic (exact) mass is 491 g/mol. The molecule has 2 aliphatic rings. The lowest BCUT2D eigenvalue weighted by molar-refractivity contribution is -0.131. The van der Waals surface area contributed by atoms with Crippen LogP contribution in [0.15, 0.2) is 52.7 Å². The first kappa shape index (κ1) is 23.1. The first-order valence-electron chi connectivity index (χ1n) is 11.9. The lowest BCUT2D eigenvalue weighted by Crippen LogP contribution is -2.38. The third-order valence-electron chi connectivity index (χ3n) is 6.82. The standard InChI is InChI=1S/C27H29N3O2S2/c1-33-23-9-5-18(6-10-23)15-25(31)30-13-11-20(12-14-30)27-29-24(17-34-27)26(32)28-22-8-7-19-3-2-4-21(19)16-22/h5-10,16-17,20H,2-4,11-15H2,1H3,(H,28,32). The molecule has 3 aromatic rings. The summed E-state index contributed by atoms with van der Waals surface area (Å²) < 4.78 is 0. The zero-order chi connectivity index (χ0) is 23.5. The second-order valence-corrected chi connectivity index (χ2v) is 10.8. The van der Waals surface area contributed by atoms with E-state index in [0.29, 0.717) is 18.0 Å². The topological polar surface area (TPSA) is 62.3 Å². The van der Waals surface area contributed by atoms with Crippen molar-refractivity contribution in [3.05, 3.63) is 75.2 Å². The Kier molecular flexibility index (Phi) is 7.02. The van der Waals surface area contributed by atoms with Crippen LogP contribution in [0.4, 0.5) is 5.69 Å². The Bertz CT molecular complexity index is 1180. The van der Waals surface area contributed by atoms with E-state index in [0.717, 1.165) is 55.0 Å². The van der Waals surface area contributed by atoms with Gasteiger partial charge in [0.15, 0.2) is 0 Å². The molecule has 1 aliphatic carbocycles. The second kappa shape index (κ2) is 10.3. The van der Waals surface area contributed by atoms with Crippen LogP contribution in [0.2, 0.25) is 0 Å². The number of anilines is 1. The third kappa shape index (κ3) is 5.20. The highest BCUT2D eigenvalue weighted by atomic mass is 32.2. The Morgan fingerprint density at radius 1 is 1.09 bits per heavy atom. The Balaban J connectivity index is 1.14. The summed E-state index contributed by atoms with van der Waals surface area (Å²) in [5.74, 6) is 0.334. The molecule has 0 bridgehead atoms. The van der Waals surface area contributed by atoms with Gasteiger partial charge in [-0.25, -0.2) is 4.98 Å². The van der Waals surface area contributed by atoms with Crippen molar-refractivity contribution >= 4 is 40.6 Å². The molecule has 1 aliphatic heterocycles. The minimum atomic E-state index is -0.152. The summed E-state index contributed by atoms with van der Waals surface area (Å²) in [6.45, 7) is 1.48. The number of carbonyl (C=O) groups excluding carboxylic acids is 2. The number of likely N-dealkylation sites (tertiary alicyclic amines) is 1. The van der Waals surface area contributed by atoms with E-state index in [4.69, 9.17) is 0 Å². The van der Waals surface area contributed by atoms with Gasteiger partial charge >= 0.3 is 0 Å². The van der Waals surface area contributed by atoms with E-state index in [2.05, 4.69) is 40.8 Å².